The maximum atomic E-state index is 13.9. The van der Waals surface area contributed by atoms with Crippen LogP contribution < -0.4 is 10.2 Å². The van der Waals surface area contributed by atoms with Crippen LogP contribution in [0, 0.1) is 0 Å². The van der Waals surface area contributed by atoms with E-state index in [9.17, 15) is 9.59 Å². The normalized spacial score (nSPS) is 20.4. The number of para-hydroxylation sites is 2. The SMILES string of the molecule is CN1C(=O)[C@@]2(Nc3ccccc3C(=O)N2C[C@@H](c2ccccc2)N(C)C)c2ccccc21. The smallest absolute Gasteiger partial charge is 0.278 e. The number of likely N-dealkylation sites (N-methyl/N-ethyl adjacent to an activating group) is 2. The van der Waals surface area contributed by atoms with Crippen LogP contribution in [0.4, 0.5) is 11.4 Å². The molecule has 3 aromatic carbocycles. The summed E-state index contributed by atoms with van der Waals surface area (Å²) in [5.74, 6) is -0.312. The van der Waals surface area contributed by atoms with Gasteiger partial charge in [-0.3, -0.25) is 9.59 Å². The number of nitrogens with one attached hydrogen (secondary N) is 1. The summed E-state index contributed by atoms with van der Waals surface area (Å²) in [5, 5.41) is 3.48. The van der Waals surface area contributed by atoms with Crippen LogP contribution >= 0.6 is 0 Å². The molecule has 0 bridgehead atoms. The van der Waals surface area contributed by atoms with Crippen molar-refractivity contribution in [1.82, 2.24) is 9.80 Å². The van der Waals surface area contributed by atoms with Gasteiger partial charge in [0.2, 0.25) is 5.66 Å². The molecule has 6 heteroatoms. The van der Waals surface area contributed by atoms with Gasteiger partial charge in [0.15, 0.2) is 0 Å². The summed E-state index contributed by atoms with van der Waals surface area (Å²) in [6.45, 7) is 0.352. The summed E-state index contributed by atoms with van der Waals surface area (Å²) in [6.07, 6.45) is 0. The zero-order valence-electron chi connectivity index (χ0n) is 18.4. The van der Waals surface area contributed by atoms with Gasteiger partial charge in [-0.15, -0.1) is 0 Å². The fourth-order valence-electron chi connectivity index (χ4n) is 4.89. The minimum atomic E-state index is -1.29. The Labute approximate surface area is 188 Å². The first-order valence-corrected chi connectivity index (χ1v) is 10.7. The number of amides is 2. The van der Waals surface area contributed by atoms with Gasteiger partial charge < -0.3 is 20.0 Å². The fourth-order valence-corrected chi connectivity index (χ4v) is 4.89. The zero-order chi connectivity index (χ0) is 22.5. The lowest BCUT2D eigenvalue weighted by Gasteiger charge is -2.46. The molecule has 162 valence electrons. The van der Waals surface area contributed by atoms with Gasteiger partial charge in [-0.25, -0.2) is 0 Å². The number of fused-ring (bicyclic) bond motifs is 3. The number of hydrogen-bond donors (Lipinski definition) is 1. The highest BCUT2D eigenvalue weighted by molar-refractivity contribution is 6.15. The lowest BCUT2D eigenvalue weighted by atomic mass is 9.91. The van der Waals surface area contributed by atoms with Crippen LogP contribution in [0.2, 0.25) is 0 Å². The number of anilines is 2. The second-order valence-electron chi connectivity index (χ2n) is 8.57. The Morgan fingerprint density at radius 2 is 1.56 bits per heavy atom. The summed E-state index contributed by atoms with van der Waals surface area (Å²) >= 11 is 0. The number of benzene rings is 3. The van der Waals surface area contributed by atoms with Crippen LogP contribution in [0.1, 0.15) is 27.5 Å². The molecule has 0 unspecified atom stereocenters. The molecular formula is C26H26N4O2. The summed E-state index contributed by atoms with van der Waals surface area (Å²) in [4.78, 5) is 33.2. The Balaban J connectivity index is 1.70. The first-order chi connectivity index (χ1) is 15.4. The number of carbonyl (C=O) groups excluding carboxylic acids is 2. The molecule has 2 aliphatic rings. The standard InChI is InChI=1S/C26H26N4O2/c1-28(2)23(18-11-5-4-6-12-18)17-30-24(31)19-13-7-9-15-21(19)27-26(30)20-14-8-10-16-22(20)29(3)25(26)32/h4-16,23,27H,17H2,1-3H3/t23-,26+/m0/s1. The van der Waals surface area contributed by atoms with Gasteiger partial charge in [0.1, 0.15) is 0 Å². The summed E-state index contributed by atoms with van der Waals surface area (Å²) in [5.41, 5.74) is 2.65. The number of carbonyl (C=O) groups is 2. The first-order valence-electron chi connectivity index (χ1n) is 10.7. The van der Waals surface area contributed by atoms with E-state index >= 15 is 0 Å². The second-order valence-corrected chi connectivity index (χ2v) is 8.57. The van der Waals surface area contributed by atoms with E-state index in [1.165, 1.54) is 0 Å². The van der Waals surface area contributed by atoms with Crippen LogP contribution in [-0.4, -0.2) is 49.3 Å². The van der Waals surface area contributed by atoms with Gasteiger partial charge in [-0.05, 0) is 37.9 Å². The van der Waals surface area contributed by atoms with Crippen LogP contribution in [0.25, 0.3) is 0 Å². The lowest BCUT2D eigenvalue weighted by Crippen LogP contribution is -2.63. The van der Waals surface area contributed by atoms with Crippen molar-refractivity contribution in [2.24, 2.45) is 0 Å². The molecule has 0 radical (unpaired) electrons. The maximum Gasteiger partial charge on any atom is 0.278 e. The quantitative estimate of drug-likeness (QED) is 0.691. The third kappa shape index (κ3) is 2.83. The molecule has 0 aromatic heterocycles. The van der Waals surface area contributed by atoms with Gasteiger partial charge in [0, 0.05) is 24.8 Å². The van der Waals surface area contributed by atoms with Gasteiger partial charge >= 0.3 is 0 Å². The number of rotatable bonds is 4. The molecule has 5 rings (SSSR count). The van der Waals surface area contributed by atoms with Crippen LogP contribution in [-0.2, 0) is 10.5 Å². The molecule has 6 nitrogen and oxygen atoms in total. The molecule has 1 N–H and O–H groups in total. The van der Waals surface area contributed by atoms with Crippen molar-refractivity contribution in [2.45, 2.75) is 11.7 Å². The molecule has 1 spiro atoms. The fraction of sp³-hybridized carbons (Fsp3) is 0.231. The van der Waals surface area contributed by atoms with Crippen molar-refractivity contribution in [2.75, 3.05) is 37.9 Å². The molecule has 0 aliphatic carbocycles. The van der Waals surface area contributed by atoms with E-state index in [1.807, 2.05) is 80.8 Å². The highest BCUT2D eigenvalue weighted by Crippen LogP contribution is 2.48. The van der Waals surface area contributed by atoms with Gasteiger partial charge in [0.05, 0.1) is 17.3 Å². The Morgan fingerprint density at radius 3 is 2.31 bits per heavy atom. The molecule has 2 heterocycles. The molecule has 2 amide bonds. The van der Waals surface area contributed by atoms with Gasteiger partial charge in [-0.1, -0.05) is 60.7 Å². The van der Waals surface area contributed by atoms with E-state index in [0.29, 0.717) is 17.8 Å². The highest BCUT2D eigenvalue weighted by atomic mass is 16.2. The Morgan fingerprint density at radius 1 is 0.906 bits per heavy atom. The van der Waals surface area contributed by atoms with E-state index in [-0.39, 0.29) is 17.9 Å². The molecular weight excluding hydrogens is 400 g/mol. The van der Waals surface area contributed by atoms with Crippen LogP contribution in [0.5, 0.6) is 0 Å². The number of hydrogen-bond acceptors (Lipinski definition) is 4. The lowest BCUT2D eigenvalue weighted by molar-refractivity contribution is -0.127. The molecule has 2 aliphatic heterocycles. The maximum absolute atomic E-state index is 13.9. The predicted octanol–water partition coefficient (Wildman–Crippen LogP) is 3.69. The summed E-state index contributed by atoms with van der Waals surface area (Å²) in [7, 11) is 5.76. The average Bonchev–Trinajstić information content (AvgIpc) is 3.02. The van der Waals surface area contributed by atoms with Crippen molar-refractivity contribution < 1.29 is 9.59 Å². The molecule has 0 fully saturated rings. The Bertz CT molecular complexity index is 1190. The van der Waals surface area contributed by atoms with Gasteiger partial charge in [0.25, 0.3) is 11.8 Å². The van der Waals surface area contributed by atoms with Crippen molar-refractivity contribution in [1.29, 1.82) is 0 Å². The van der Waals surface area contributed by atoms with E-state index in [0.717, 1.165) is 16.8 Å². The highest BCUT2D eigenvalue weighted by Gasteiger charge is 2.58. The average molecular weight is 427 g/mol. The monoisotopic (exact) mass is 426 g/mol. The molecule has 3 aromatic rings. The molecule has 32 heavy (non-hydrogen) atoms. The Kier molecular flexibility index (Phi) is 4.75. The third-order valence-corrected chi connectivity index (χ3v) is 6.56. The van der Waals surface area contributed by atoms with Crippen LogP contribution in [0.15, 0.2) is 78.9 Å². The third-order valence-electron chi connectivity index (χ3n) is 6.56. The van der Waals surface area contributed by atoms with E-state index in [4.69, 9.17) is 0 Å². The summed E-state index contributed by atoms with van der Waals surface area (Å²) < 4.78 is 0. The predicted molar refractivity (Wildman–Crippen MR) is 126 cm³/mol. The minimum Gasteiger partial charge on any atom is -0.350 e. The second kappa shape index (κ2) is 7.50. The van der Waals surface area contributed by atoms with Crippen molar-refractivity contribution in [3.8, 4) is 0 Å². The first kappa shape index (κ1) is 20.3. The largest absolute Gasteiger partial charge is 0.350 e. The van der Waals surface area contributed by atoms with Gasteiger partial charge in [-0.2, -0.15) is 0 Å². The summed E-state index contributed by atoms with van der Waals surface area (Å²) in [6, 6.07) is 25.1. The van der Waals surface area contributed by atoms with Crippen LogP contribution in [0.3, 0.4) is 0 Å². The van der Waals surface area contributed by atoms with Crippen molar-refractivity contribution in [3.63, 3.8) is 0 Å². The molecule has 2 atom stereocenters. The zero-order valence-corrected chi connectivity index (χ0v) is 18.4. The van der Waals surface area contributed by atoms with E-state index in [2.05, 4.69) is 22.3 Å². The topological polar surface area (TPSA) is 55.9 Å². The van der Waals surface area contributed by atoms with Crippen molar-refractivity contribution >= 4 is 23.2 Å². The molecule has 0 saturated carbocycles. The van der Waals surface area contributed by atoms with E-state index < -0.39 is 5.66 Å². The molecule has 0 saturated heterocycles. The number of nitrogens with zero attached hydrogens (tertiary/aromatic N) is 3. The van der Waals surface area contributed by atoms with Crippen molar-refractivity contribution in [3.05, 3.63) is 95.6 Å². The van der Waals surface area contributed by atoms with E-state index in [1.54, 1.807) is 16.8 Å². The minimum absolute atomic E-state index is 0.0880. The Hall–Kier alpha value is -3.64.